The summed E-state index contributed by atoms with van der Waals surface area (Å²) in [6.07, 6.45) is 0.919. The summed E-state index contributed by atoms with van der Waals surface area (Å²) in [5.41, 5.74) is 3.54. The molecule has 156 valence electrons. The predicted octanol–water partition coefficient (Wildman–Crippen LogP) is 2.85. The van der Waals surface area contributed by atoms with E-state index in [2.05, 4.69) is 27.3 Å². The minimum atomic E-state index is 0.606. The lowest BCUT2D eigenvalue weighted by Crippen LogP contribution is -2.43. The van der Waals surface area contributed by atoms with Crippen LogP contribution < -0.4 is 24.3 Å². The van der Waals surface area contributed by atoms with Crippen molar-refractivity contribution in [1.82, 2.24) is 10.2 Å². The predicted molar refractivity (Wildman–Crippen MR) is 113 cm³/mol. The number of hydrogen-bond acceptors (Lipinski definition) is 5. The number of ether oxygens (including phenoxy) is 4. The Hall–Kier alpha value is -3.09. The third kappa shape index (κ3) is 4.50. The van der Waals surface area contributed by atoms with Gasteiger partial charge in [0.25, 0.3) is 0 Å². The lowest BCUT2D eigenvalue weighted by Gasteiger charge is -2.32. The maximum atomic E-state index is 5.49. The molecule has 1 aliphatic heterocycles. The van der Waals surface area contributed by atoms with Crippen molar-refractivity contribution in [2.45, 2.75) is 19.5 Å². The highest BCUT2D eigenvalue weighted by Crippen LogP contribution is 2.33. The summed E-state index contributed by atoms with van der Waals surface area (Å²) in [6.45, 7) is 2.24. The van der Waals surface area contributed by atoms with Crippen molar-refractivity contribution in [3.63, 3.8) is 0 Å². The highest BCUT2D eigenvalue weighted by molar-refractivity contribution is 5.80. The van der Waals surface area contributed by atoms with E-state index in [1.165, 1.54) is 11.1 Å². The molecule has 0 fully saturated rings. The monoisotopic (exact) mass is 399 g/mol. The van der Waals surface area contributed by atoms with Crippen LogP contribution in [0.3, 0.4) is 0 Å². The number of nitrogens with zero attached hydrogens (tertiary/aromatic N) is 2. The Bertz CT molecular complexity index is 883. The van der Waals surface area contributed by atoms with Gasteiger partial charge in [0.1, 0.15) is 11.5 Å². The van der Waals surface area contributed by atoms with Crippen LogP contribution in [0.4, 0.5) is 0 Å². The molecule has 1 heterocycles. The fourth-order valence-corrected chi connectivity index (χ4v) is 3.57. The lowest BCUT2D eigenvalue weighted by atomic mass is 9.99. The number of hydrogen-bond donors (Lipinski definition) is 1. The van der Waals surface area contributed by atoms with Gasteiger partial charge in [0.05, 0.1) is 28.4 Å². The van der Waals surface area contributed by atoms with Crippen LogP contribution in [0.5, 0.6) is 23.0 Å². The number of nitrogens with one attached hydrogen (secondary N) is 1. The van der Waals surface area contributed by atoms with E-state index in [-0.39, 0.29) is 0 Å². The van der Waals surface area contributed by atoms with E-state index in [0.717, 1.165) is 54.0 Å². The molecule has 7 heteroatoms. The highest BCUT2D eigenvalue weighted by atomic mass is 16.5. The lowest BCUT2D eigenvalue weighted by molar-refractivity contribution is 0.345. The van der Waals surface area contributed by atoms with Gasteiger partial charge in [-0.3, -0.25) is 4.99 Å². The van der Waals surface area contributed by atoms with Crippen LogP contribution >= 0.6 is 0 Å². The number of benzene rings is 2. The van der Waals surface area contributed by atoms with Gasteiger partial charge in [0, 0.05) is 38.3 Å². The molecule has 29 heavy (non-hydrogen) atoms. The topological polar surface area (TPSA) is 64.6 Å². The van der Waals surface area contributed by atoms with Crippen LogP contribution in [0.25, 0.3) is 0 Å². The number of guanidine groups is 1. The Balaban J connectivity index is 1.72. The maximum Gasteiger partial charge on any atom is 0.194 e. The average Bonchev–Trinajstić information content (AvgIpc) is 2.78. The standard InChI is InChI=1S/C22H29N3O4/c1-23-22(24-13-16-6-7-18(26-2)12-19(16)27-3)25-9-8-15-10-20(28-4)21(29-5)11-17(15)14-25/h6-7,10-12H,8-9,13-14H2,1-5H3,(H,23,24). The molecule has 0 unspecified atom stereocenters. The SMILES string of the molecule is CN=C(NCc1ccc(OC)cc1OC)N1CCc2cc(OC)c(OC)cc2C1. The smallest absolute Gasteiger partial charge is 0.194 e. The van der Waals surface area contributed by atoms with Crippen LogP contribution in [0.2, 0.25) is 0 Å². The van der Waals surface area contributed by atoms with E-state index in [1.54, 1.807) is 35.5 Å². The zero-order valence-corrected chi connectivity index (χ0v) is 17.7. The first kappa shape index (κ1) is 20.6. The van der Waals surface area contributed by atoms with Crippen LogP contribution in [-0.2, 0) is 19.5 Å². The molecule has 0 radical (unpaired) electrons. The van der Waals surface area contributed by atoms with Crippen LogP contribution in [0.1, 0.15) is 16.7 Å². The van der Waals surface area contributed by atoms with E-state index in [1.807, 2.05) is 18.2 Å². The van der Waals surface area contributed by atoms with Gasteiger partial charge in [0.2, 0.25) is 0 Å². The van der Waals surface area contributed by atoms with Gasteiger partial charge in [-0.1, -0.05) is 0 Å². The van der Waals surface area contributed by atoms with Crippen molar-refractivity contribution in [3.8, 4) is 23.0 Å². The summed E-state index contributed by atoms with van der Waals surface area (Å²) in [7, 11) is 8.44. The van der Waals surface area contributed by atoms with E-state index in [4.69, 9.17) is 18.9 Å². The molecule has 0 aromatic heterocycles. The van der Waals surface area contributed by atoms with Gasteiger partial charge in [-0.15, -0.1) is 0 Å². The Labute approximate surface area is 172 Å². The fraction of sp³-hybridized carbons (Fsp3) is 0.409. The van der Waals surface area contributed by atoms with Crippen molar-refractivity contribution < 1.29 is 18.9 Å². The quantitative estimate of drug-likeness (QED) is 0.595. The summed E-state index contributed by atoms with van der Waals surface area (Å²) in [5.74, 6) is 3.93. The zero-order chi connectivity index (χ0) is 20.8. The molecule has 7 nitrogen and oxygen atoms in total. The van der Waals surface area contributed by atoms with Gasteiger partial charge in [-0.05, 0) is 41.8 Å². The summed E-state index contributed by atoms with van der Waals surface area (Å²) in [4.78, 5) is 6.72. The van der Waals surface area contributed by atoms with Crippen molar-refractivity contribution in [1.29, 1.82) is 0 Å². The normalized spacial score (nSPS) is 13.6. The molecule has 0 atom stereocenters. The number of methoxy groups -OCH3 is 4. The van der Waals surface area contributed by atoms with Gasteiger partial charge in [-0.2, -0.15) is 0 Å². The van der Waals surface area contributed by atoms with Crippen molar-refractivity contribution in [2.75, 3.05) is 42.0 Å². The van der Waals surface area contributed by atoms with Crippen LogP contribution in [0, 0.1) is 0 Å². The fourth-order valence-electron chi connectivity index (χ4n) is 3.57. The zero-order valence-electron chi connectivity index (χ0n) is 17.7. The van der Waals surface area contributed by atoms with Gasteiger partial charge < -0.3 is 29.2 Å². The summed E-state index contributed by atoms with van der Waals surface area (Å²) < 4.78 is 21.7. The molecule has 0 saturated carbocycles. The Morgan fingerprint density at radius 2 is 1.62 bits per heavy atom. The minimum absolute atomic E-state index is 0.606. The van der Waals surface area contributed by atoms with Crippen molar-refractivity contribution in [3.05, 3.63) is 47.0 Å². The Morgan fingerprint density at radius 1 is 0.931 bits per heavy atom. The summed E-state index contributed by atoms with van der Waals surface area (Å²) in [5, 5.41) is 3.45. The van der Waals surface area contributed by atoms with Crippen molar-refractivity contribution >= 4 is 5.96 Å². The Kier molecular flexibility index (Phi) is 6.69. The number of rotatable bonds is 6. The van der Waals surface area contributed by atoms with Gasteiger partial charge in [0.15, 0.2) is 17.5 Å². The van der Waals surface area contributed by atoms with E-state index in [0.29, 0.717) is 6.54 Å². The molecule has 0 amide bonds. The maximum absolute atomic E-state index is 5.49. The number of aliphatic imine (C=N–C) groups is 1. The second-order valence-electron chi connectivity index (χ2n) is 6.73. The third-order valence-electron chi connectivity index (χ3n) is 5.16. The minimum Gasteiger partial charge on any atom is -0.497 e. The first-order chi connectivity index (χ1) is 14.1. The molecular weight excluding hydrogens is 370 g/mol. The largest absolute Gasteiger partial charge is 0.497 e. The molecule has 2 aromatic carbocycles. The summed E-state index contributed by atoms with van der Waals surface area (Å²) in [6, 6.07) is 9.94. The molecule has 1 aliphatic rings. The molecule has 2 aromatic rings. The average molecular weight is 399 g/mol. The molecule has 0 bridgehead atoms. The van der Waals surface area contributed by atoms with E-state index in [9.17, 15) is 0 Å². The Morgan fingerprint density at radius 3 is 2.24 bits per heavy atom. The first-order valence-corrected chi connectivity index (χ1v) is 9.53. The van der Waals surface area contributed by atoms with Crippen LogP contribution in [-0.4, -0.2) is 52.9 Å². The second-order valence-corrected chi connectivity index (χ2v) is 6.73. The molecule has 3 rings (SSSR count). The number of fused-ring (bicyclic) bond motifs is 1. The molecule has 0 aliphatic carbocycles. The summed E-state index contributed by atoms with van der Waals surface area (Å²) >= 11 is 0. The first-order valence-electron chi connectivity index (χ1n) is 9.53. The van der Waals surface area contributed by atoms with E-state index >= 15 is 0 Å². The van der Waals surface area contributed by atoms with Gasteiger partial charge >= 0.3 is 0 Å². The molecule has 1 N–H and O–H groups in total. The van der Waals surface area contributed by atoms with Crippen LogP contribution in [0.15, 0.2) is 35.3 Å². The molecular formula is C22H29N3O4. The van der Waals surface area contributed by atoms with Crippen molar-refractivity contribution in [2.24, 2.45) is 4.99 Å². The van der Waals surface area contributed by atoms with Gasteiger partial charge in [-0.25, -0.2) is 0 Å². The highest BCUT2D eigenvalue weighted by Gasteiger charge is 2.22. The third-order valence-corrected chi connectivity index (χ3v) is 5.16. The second kappa shape index (κ2) is 9.41. The van der Waals surface area contributed by atoms with E-state index < -0.39 is 0 Å². The molecule has 0 saturated heterocycles. The molecule has 0 spiro atoms.